The van der Waals surface area contributed by atoms with Gasteiger partial charge in [0, 0.05) is 0 Å². The molecular formula is C13H20. The van der Waals surface area contributed by atoms with Gasteiger partial charge < -0.3 is 0 Å². The fraction of sp³-hybridized carbons (Fsp3) is 0.692. The van der Waals surface area contributed by atoms with Crippen molar-refractivity contribution in [1.29, 1.82) is 0 Å². The van der Waals surface area contributed by atoms with E-state index in [4.69, 9.17) is 0 Å². The van der Waals surface area contributed by atoms with E-state index in [2.05, 4.69) is 24.3 Å². The van der Waals surface area contributed by atoms with Crippen molar-refractivity contribution in [2.24, 2.45) is 11.8 Å². The molecule has 2 bridgehead atoms. The van der Waals surface area contributed by atoms with Gasteiger partial charge in [-0.1, -0.05) is 24.3 Å². The molecule has 0 radical (unpaired) electrons. The highest BCUT2D eigenvalue weighted by Crippen LogP contribution is 2.38. The van der Waals surface area contributed by atoms with E-state index in [0.29, 0.717) is 0 Å². The van der Waals surface area contributed by atoms with Crippen LogP contribution in [0.4, 0.5) is 0 Å². The molecule has 0 aromatic heterocycles. The Kier molecular flexibility index (Phi) is 3.23. The lowest BCUT2D eigenvalue weighted by Crippen LogP contribution is -1.82. The normalized spacial score (nSPS) is 34.5. The molecule has 0 aromatic carbocycles. The predicted molar refractivity (Wildman–Crippen MR) is 57.6 cm³/mol. The van der Waals surface area contributed by atoms with Crippen molar-refractivity contribution in [3.63, 3.8) is 0 Å². The Bertz CT molecular complexity index is 180. The second-order valence-corrected chi connectivity index (χ2v) is 4.47. The standard InChI is InChI=1S/C7H10.C6H10/c1-2-7-4-3-6(1)5-7;1-2-4-6-5-3-1/h1-2,6-7H,3-5H2;1-2H,3-6H2. The molecule has 0 aromatic rings. The second kappa shape index (κ2) is 4.64. The molecule has 1 fully saturated rings. The largest absolute Gasteiger partial charge is 0.0885 e. The van der Waals surface area contributed by atoms with Crippen molar-refractivity contribution in [1.82, 2.24) is 0 Å². The Morgan fingerprint density at radius 1 is 0.769 bits per heavy atom. The molecule has 0 N–H and O–H groups in total. The first-order valence-electron chi connectivity index (χ1n) is 5.78. The Hall–Kier alpha value is -0.520. The van der Waals surface area contributed by atoms with Crippen LogP contribution in [0.1, 0.15) is 44.9 Å². The summed E-state index contributed by atoms with van der Waals surface area (Å²) in [5.41, 5.74) is 0. The van der Waals surface area contributed by atoms with Crippen LogP contribution in [-0.2, 0) is 0 Å². The molecule has 0 spiro atoms. The molecule has 0 amide bonds. The predicted octanol–water partition coefficient (Wildman–Crippen LogP) is 4.09. The van der Waals surface area contributed by atoms with Crippen LogP contribution in [0.25, 0.3) is 0 Å². The van der Waals surface area contributed by atoms with E-state index in [0.717, 1.165) is 11.8 Å². The first-order chi connectivity index (χ1) is 6.45. The van der Waals surface area contributed by atoms with Gasteiger partial charge in [0.05, 0.1) is 0 Å². The number of rotatable bonds is 0. The zero-order valence-corrected chi connectivity index (χ0v) is 8.41. The van der Waals surface area contributed by atoms with Crippen molar-refractivity contribution in [3.05, 3.63) is 24.3 Å². The van der Waals surface area contributed by atoms with Gasteiger partial charge in [0.15, 0.2) is 0 Å². The molecular weight excluding hydrogens is 156 g/mol. The fourth-order valence-corrected chi connectivity index (χ4v) is 2.48. The molecule has 0 nitrogen and oxygen atoms in total. The quantitative estimate of drug-likeness (QED) is 0.488. The van der Waals surface area contributed by atoms with Gasteiger partial charge in [-0.3, -0.25) is 0 Å². The zero-order chi connectivity index (χ0) is 8.93. The van der Waals surface area contributed by atoms with E-state index in [1.807, 2.05) is 0 Å². The molecule has 72 valence electrons. The fourth-order valence-electron chi connectivity index (χ4n) is 2.48. The maximum absolute atomic E-state index is 2.38. The molecule has 0 aliphatic heterocycles. The van der Waals surface area contributed by atoms with Gasteiger partial charge in [0.1, 0.15) is 0 Å². The van der Waals surface area contributed by atoms with Gasteiger partial charge in [0.25, 0.3) is 0 Å². The summed E-state index contributed by atoms with van der Waals surface area (Å²) in [5.74, 6) is 1.98. The highest BCUT2D eigenvalue weighted by molar-refractivity contribution is 5.06. The van der Waals surface area contributed by atoms with E-state index in [1.165, 1.54) is 44.9 Å². The SMILES string of the molecule is C1=CC2CCC1C2.C1=CCCCC1. The number of allylic oxidation sites excluding steroid dienone is 4. The summed E-state index contributed by atoms with van der Waals surface area (Å²) in [5, 5.41) is 0. The van der Waals surface area contributed by atoms with E-state index < -0.39 is 0 Å². The van der Waals surface area contributed by atoms with E-state index in [-0.39, 0.29) is 0 Å². The summed E-state index contributed by atoms with van der Waals surface area (Å²) in [6.07, 6.45) is 19.2. The lowest BCUT2D eigenvalue weighted by atomic mass is 10.1. The Balaban J connectivity index is 0.000000102. The van der Waals surface area contributed by atoms with Crippen LogP contribution in [0.5, 0.6) is 0 Å². The highest BCUT2D eigenvalue weighted by atomic mass is 14.3. The van der Waals surface area contributed by atoms with Crippen molar-refractivity contribution >= 4 is 0 Å². The van der Waals surface area contributed by atoms with Crippen LogP contribution in [0.15, 0.2) is 24.3 Å². The maximum Gasteiger partial charge on any atom is -0.0228 e. The monoisotopic (exact) mass is 176 g/mol. The highest BCUT2D eigenvalue weighted by Gasteiger charge is 2.25. The first-order valence-corrected chi connectivity index (χ1v) is 5.78. The molecule has 1 saturated carbocycles. The minimum atomic E-state index is 0.991. The van der Waals surface area contributed by atoms with E-state index >= 15 is 0 Å². The topological polar surface area (TPSA) is 0 Å². The first kappa shape index (κ1) is 9.05. The van der Waals surface area contributed by atoms with Gasteiger partial charge in [-0.2, -0.15) is 0 Å². The smallest absolute Gasteiger partial charge is 0.0228 e. The van der Waals surface area contributed by atoms with Gasteiger partial charge in [-0.15, -0.1) is 0 Å². The average Bonchev–Trinajstić information content (AvgIpc) is 2.85. The van der Waals surface area contributed by atoms with Gasteiger partial charge in [0.2, 0.25) is 0 Å². The maximum atomic E-state index is 2.38. The van der Waals surface area contributed by atoms with Gasteiger partial charge >= 0.3 is 0 Å². The summed E-state index contributed by atoms with van der Waals surface area (Å²) in [6, 6.07) is 0. The van der Waals surface area contributed by atoms with Crippen LogP contribution in [0, 0.1) is 11.8 Å². The van der Waals surface area contributed by atoms with Crippen molar-refractivity contribution in [2.75, 3.05) is 0 Å². The third-order valence-electron chi connectivity index (χ3n) is 3.33. The van der Waals surface area contributed by atoms with Crippen molar-refractivity contribution in [3.8, 4) is 0 Å². The number of hydrogen-bond donors (Lipinski definition) is 0. The molecule has 0 saturated heterocycles. The van der Waals surface area contributed by atoms with Crippen LogP contribution < -0.4 is 0 Å². The molecule has 3 aliphatic carbocycles. The lowest BCUT2D eigenvalue weighted by molar-refractivity contribution is 0.691. The van der Waals surface area contributed by atoms with Crippen LogP contribution in [0.3, 0.4) is 0 Å². The van der Waals surface area contributed by atoms with Crippen LogP contribution >= 0.6 is 0 Å². The summed E-state index contributed by atoms with van der Waals surface area (Å²) in [4.78, 5) is 0. The zero-order valence-electron chi connectivity index (χ0n) is 8.41. The number of fused-ring (bicyclic) bond motifs is 2. The van der Waals surface area contributed by atoms with Crippen LogP contribution in [0.2, 0.25) is 0 Å². The minimum absolute atomic E-state index is 0.991. The summed E-state index contributed by atoms with van der Waals surface area (Å²) < 4.78 is 0. The van der Waals surface area contributed by atoms with Crippen molar-refractivity contribution in [2.45, 2.75) is 44.9 Å². The third kappa shape index (κ3) is 2.72. The number of hydrogen-bond acceptors (Lipinski definition) is 0. The Labute approximate surface area is 81.7 Å². The van der Waals surface area contributed by atoms with Crippen LogP contribution in [-0.4, -0.2) is 0 Å². The molecule has 2 atom stereocenters. The molecule has 2 unspecified atom stereocenters. The van der Waals surface area contributed by atoms with Gasteiger partial charge in [-0.25, -0.2) is 0 Å². The van der Waals surface area contributed by atoms with Crippen molar-refractivity contribution < 1.29 is 0 Å². The summed E-state index contributed by atoms with van der Waals surface area (Å²) >= 11 is 0. The van der Waals surface area contributed by atoms with E-state index in [1.54, 1.807) is 0 Å². The molecule has 3 aliphatic rings. The van der Waals surface area contributed by atoms with Gasteiger partial charge in [-0.05, 0) is 56.8 Å². The molecule has 0 heterocycles. The van der Waals surface area contributed by atoms with E-state index in [9.17, 15) is 0 Å². The molecule has 0 heteroatoms. The summed E-state index contributed by atoms with van der Waals surface area (Å²) in [7, 11) is 0. The summed E-state index contributed by atoms with van der Waals surface area (Å²) in [6.45, 7) is 0. The lowest BCUT2D eigenvalue weighted by Gasteiger charge is -1.97. The second-order valence-electron chi connectivity index (χ2n) is 4.47. The third-order valence-corrected chi connectivity index (χ3v) is 3.33. The molecule has 13 heavy (non-hydrogen) atoms. The average molecular weight is 176 g/mol. The Morgan fingerprint density at radius 2 is 1.31 bits per heavy atom. The minimum Gasteiger partial charge on any atom is -0.0885 e. The Morgan fingerprint density at radius 3 is 1.46 bits per heavy atom. The molecule has 3 rings (SSSR count).